The van der Waals surface area contributed by atoms with Crippen LogP contribution < -0.4 is 5.32 Å². The van der Waals surface area contributed by atoms with Gasteiger partial charge in [0.2, 0.25) is 10.0 Å². The minimum Gasteiger partial charge on any atom is -0.348 e. The molecule has 0 spiro atoms. The monoisotopic (exact) mass is 488 g/mol. The number of hydrogen-bond donors (Lipinski definition) is 1. The average Bonchev–Trinajstić information content (AvgIpc) is 3.34. The quantitative estimate of drug-likeness (QED) is 0.511. The van der Waals surface area contributed by atoms with Crippen LogP contribution in [-0.2, 0) is 10.0 Å². The Labute approximate surface area is 196 Å². The number of hydrogen-bond acceptors (Lipinski definition) is 8. The number of sulfonamides is 1. The number of amides is 1. The van der Waals surface area contributed by atoms with Crippen LogP contribution in [-0.4, -0.2) is 93.7 Å². The summed E-state index contributed by atoms with van der Waals surface area (Å²) in [6, 6.07) is 7.77. The lowest BCUT2D eigenvalue weighted by molar-refractivity contribution is 0.0922. The second kappa shape index (κ2) is 9.91. The lowest BCUT2D eigenvalue weighted by Crippen LogP contribution is -2.51. The number of pyridine rings is 1. The van der Waals surface area contributed by atoms with Crippen LogP contribution in [0, 0.1) is 5.82 Å². The molecule has 13 heteroatoms. The van der Waals surface area contributed by atoms with Gasteiger partial charge in [0, 0.05) is 49.9 Å². The van der Waals surface area contributed by atoms with E-state index in [1.54, 1.807) is 18.2 Å². The minimum atomic E-state index is -3.19. The zero-order valence-electron chi connectivity index (χ0n) is 18.8. The third-order valence-electron chi connectivity index (χ3n) is 5.53. The van der Waals surface area contributed by atoms with E-state index in [4.69, 9.17) is 0 Å². The van der Waals surface area contributed by atoms with Gasteiger partial charge in [0.05, 0.1) is 23.8 Å². The summed E-state index contributed by atoms with van der Waals surface area (Å²) in [7, 11) is -3.19. The average molecular weight is 489 g/mol. The molecule has 0 radical (unpaired) electrons. The first-order valence-electron chi connectivity index (χ1n) is 10.7. The molecule has 11 nitrogen and oxygen atoms in total. The number of nitrogens with one attached hydrogen (secondary N) is 1. The Bertz CT molecular complexity index is 1240. The van der Waals surface area contributed by atoms with E-state index in [0.717, 1.165) is 6.20 Å². The number of nitrogens with zero attached hydrogens (tertiary/aromatic N) is 7. The van der Waals surface area contributed by atoms with Gasteiger partial charge in [-0.05, 0) is 47.7 Å². The molecule has 0 bridgehead atoms. The number of rotatable bonds is 7. The van der Waals surface area contributed by atoms with E-state index >= 15 is 0 Å². The Hall–Kier alpha value is -3.29. The molecule has 1 amide bonds. The lowest BCUT2D eigenvalue weighted by atomic mass is 10.0. The van der Waals surface area contributed by atoms with Crippen molar-refractivity contribution in [3.63, 3.8) is 0 Å². The van der Waals surface area contributed by atoms with Gasteiger partial charge < -0.3 is 5.32 Å². The summed E-state index contributed by atoms with van der Waals surface area (Å²) in [5, 5.41) is 14.2. The van der Waals surface area contributed by atoms with Gasteiger partial charge in [-0.3, -0.25) is 14.7 Å². The van der Waals surface area contributed by atoms with E-state index in [1.165, 1.54) is 33.7 Å². The Balaban J connectivity index is 1.48. The van der Waals surface area contributed by atoms with Crippen molar-refractivity contribution in [3.8, 4) is 16.9 Å². The van der Waals surface area contributed by atoms with Crippen LogP contribution in [0.5, 0.6) is 0 Å². The molecule has 3 aromatic rings. The maximum atomic E-state index is 13.3. The zero-order valence-corrected chi connectivity index (χ0v) is 19.6. The molecule has 1 fully saturated rings. The molecule has 1 atom stereocenters. The van der Waals surface area contributed by atoms with Crippen molar-refractivity contribution in [2.24, 2.45) is 0 Å². The van der Waals surface area contributed by atoms with Crippen molar-refractivity contribution < 1.29 is 17.6 Å². The molecular weight excluding hydrogens is 463 g/mol. The fourth-order valence-corrected chi connectivity index (χ4v) is 4.66. The minimum absolute atomic E-state index is 0.179. The number of piperazine rings is 1. The summed E-state index contributed by atoms with van der Waals surface area (Å²) >= 11 is 0. The molecule has 1 aliphatic rings. The number of benzene rings is 1. The lowest BCUT2D eigenvalue weighted by Gasteiger charge is -2.34. The van der Waals surface area contributed by atoms with Crippen molar-refractivity contribution >= 4 is 15.9 Å². The molecule has 1 N–H and O–H groups in total. The molecular formula is C21H25FN8O3S. The molecule has 0 saturated carbocycles. The maximum Gasteiger partial charge on any atom is 0.251 e. The molecule has 2 aromatic heterocycles. The summed E-state index contributed by atoms with van der Waals surface area (Å²) < 4.78 is 39.6. The Morgan fingerprint density at radius 3 is 2.56 bits per heavy atom. The summed E-state index contributed by atoms with van der Waals surface area (Å²) in [5.74, 6) is -0.745. The fraction of sp³-hybridized carbons (Fsp3) is 0.381. The summed E-state index contributed by atoms with van der Waals surface area (Å²) in [4.78, 5) is 19.3. The van der Waals surface area contributed by atoms with E-state index in [-0.39, 0.29) is 11.9 Å². The second-order valence-electron chi connectivity index (χ2n) is 8.22. The highest BCUT2D eigenvalue weighted by atomic mass is 32.2. The molecule has 1 saturated heterocycles. The molecule has 34 heavy (non-hydrogen) atoms. The van der Waals surface area contributed by atoms with Gasteiger partial charge in [0.15, 0.2) is 0 Å². The number of tetrazole rings is 1. The Kier molecular flexibility index (Phi) is 6.95. The first-order valence-corrected chi connectivity index (χ1v) is 12.5. The molecule has 4 rings (SSSR count). The van der Waals surface area contributed by atoms with Crippen LogP contribution in [0.1, 0.15) is 17.3 Å². The van der Waals surface area contributed by atoms with Crippen molar-refractivity contribution in [3.05, 3.63) is 54.2 Å². The van der Waals surface area contributed by atoms with E-state index in [9.17, 15) is 17.6 Å². The van der Waals surface area contributed by atoms with Crippen LogP contribution in [0.3, 0.4) is 0 Å². The molecule has 0 unspecified atom stereocenters. The Morgan fingerprint density at radius 2 is 1.94 bits per heavy atom. The predicted molar refractivity (Wildman–Crippen MR) is 122 cm³/mol. The van der Waals surface area contributed by atoms with Crippen LogP contribution in [0.25, 0.3) is 16.9 Å². The van der Waals surface area contributed by atoms with Gasteiger partial charge in [-0.25, -0.2) is 17.5 Å². The van der Waals surface area contributed by atoms with Gasteiger partial charge in [-0.2, -0.15) is 4.31 Å². The molecule has 0 aliphatic carbocycles. The van der Waals surface area contributed by atoms with Crippen LogP contribution in [0.15, 0.2) is 42.9 Å². The standard InChI is InChI=1S/C21H25FN8O3S/c1-15(13-28-5-7-29(8-6-28)34(2,32)33)25-21(31)17-9-16(20-4-3-18(22)12-23-20)10-19(11-17)30-14-24-26-27-30/h3-4,9-12,14-15H,5-8,13H2,1-2H3,(H,25,31)/t15-/m1/s1. The number of carbonyl (C=O) groups excluding carboxylic acids is 1. The largest absolute Gasteiger partial charge is 0.348 e. The summed E-state index contributed by atoms with van der Waals surface area (Å²) in [6.07, 6.45) is 3.74. The van der Waals surface area contributed by atoms with Crippen molar-refractivity contribution in [1.82, 2.24) is 39.7 Å². The Morgan fingerprint density at radius 1 is 1.18 bits per heavy atom. The maximum absolute atomic E-state index is 13.3. The first-order chi connectivity index (χ1) is 16.2. The van der Waals surface area contributed by atoms with E-state index in [0.29, 0.717) is 55.2 Å². The number of halogens is 1. The second-order valence-corrected chi connectivity index (χ2v) is 10.2. The molecule has 3 heterocycles. The van der Waals surface area contributed by atoms with Gasteiger partial charge >= 0.3 is 0 Å². The molecule has 1 aromatic carbocycles. The normalized spacial score (nSPS) is 16.3. The van der Waals surface area contributed by atoms with E-state index in [1.807, 2.05) is 6.92 Å². The predicted octanol–water partition coefficient (Wildman–Crippen LogP) is 0.559. The third-order valence-corrected chi connectivity index (χ3v) is 6.83. The summed E-state index contributed by atoms with van der Waals surface area (Å²) in [5.41, 5.74) is 2.05. The smallest absolute Gasteiger partial charge is 0.251 e. The first kappa shape index (κ1) is 23.9. The van der Waals surface area contributed by atoms with Crippen molar-refractivity contribution in [1.29, 1.82) is 0 Å². The van der Waals surface area contributed by atoms with E-state index in [2.05, 4.69) is 30.7 Å². The van der Waals surface area contributed by atoms with Gasteiger partial charge in [0.1, 0.15) is 12.1 Å². The van der Waals surface area contributed by atoms with Gasteiger partial charge in [0.25, 0.3) is 5.91 Å². The highest BCUT2D eigenvalue weighted by Gasteiger charge is 2.24. The van der Waals surface area contributed by atoms with Crippen molar-refractivity contribution in [2.75, 3.05) is 39.0 Å². The zero-order chi connectivity index (χ0) is 24.3. The van der Waals surface area contributed by atoms with Crippen molar-refractivity contribution in [2.45, 2.75) is 13.0 Å². The fourth-order valence-electron chi connectivity index (χ4n) is 3.83. The van der Waals surface area contributed by atoms with E-state index < -0.39 is 15.8 Å². The van der Waals surface area contributed by atoms with Crippen LogP contribution >= 0.6 is 0 Å². The molecule has 180 valence electrons. The SMILES string of the molecule is C[C@H](CN1CCN(S(C)(=O)=O)CC1)NC(=O)c1cc(-c2ccc(F)cn2)cc(-n2cnnn2)c1. The van der Waals surface area contributed by atoms with Gasteiger partial charge in [-0.15, -0.1) is 5.10 Å². The number of carbonyl (C=O) groups is 1. The third kappa shape index (κ3) is 5.79. The highest BCUT2D eigenvalue weighted by Crippen LogP contribution is 2.23. The highest BCUT2D eigenvalue weighted by molar-refractivity contribution is 7.88. The number of aromatic nitrogens is 5. The van der Waals surface area contributed by atoms with Crippen LogP contribution in [0.2, 0.25) is 0 Å². The van der Waals surface area contributed by atoms with Gasteiger partial charge in [-0.1, -0.05) is 0 Å². The van der Waals surface area contributed by atoms with Crippen LogP contribution in [0.4, 0.5) is 4.39 Å². The molecule has 1 aliphatic heterocycles. The topological polar surface area (TPSA) is 126 Å². The summed E-state index contributed by atoms with van der Waals surface area (Å²) in [6.45, 7) is 4.55.